The second kappa shape index (κ2) is 7.10. The molecule has 1 N–H and O–H groups in total. The second-order valence-corrected chi connectivity index (χ2v) is 1.81. The number of allylic oxidation sites excluding steroid dienone is 1. The van der Waals surface area contributed by atoms with Crippen molar-refractivity contribution in [2.45, 2.75) is 19.8 Å². The van der Waals surface area contributed by atoms with Gasteiger partial charge in [-0.25, -0.2) is 0 Å². The van der Waals surface area contributed by atoms with Gasteiger partial charge in [-0.1, -0.05) is 19.3 Å². The molecule has 0 saturated heterocycles. The van der Waals surface area contributed by atoms with Crippen molar-refractivity contribution in [2.24, 2.45) is 0 Å². The minimum absolute atomic E-state index is 1.02. The summed E-state index contributed by atoms with van der Waals surface area (Å²) in [4.78, 5) is 0. The van der Waals surface area contributed by atoms with Gasteiger partial charge < -0.3 is 5.32 Å². The molecule has 0 spiro atoms. The van der Waals surface area contributed by atoms with E-state index in [4.69, 9.17) is 6.42 Å². The lowest BCUT2D eigenvalue weighted by Gasteiger charge is -1.94. The molecule has 0 aliphatic heterocycles. The van der Waals surface area contributed by atoms with Crippen LogP contribution in [-0.4, -0.2) is 6.54 Å². The maximum atomic E-state index is 4.97. The van der Waals surface area contributed by atoms with E-state index < -0.39 is 0 Å². The molecule has 0 saturated carbocycles. The predicted molar refractivity (Wildman–Crippen MR) is 40.9 cm³/mol. The first-order chi connectivity index (χ1) is 4.41. The largest absolute Gasteiger partial charge is 0.390 e. The molecule has 0 aromatic carbocycles. The molecular weight excluding hydrogens is 110 g/mol. The minimum Gasteiger partial charge on any atom is -0.390 e. The first-order valence-electron chi connectivity index (χ1n) is 3.26. The molecule has 9 heavy (non-hydrogen) atoms. The SMILES string of the molecule is C#C/C=C/NCCCC. The van der Waals surface area contributed by atoms with Gasteiger partial charge in [-0.2, -0.15) is 0 Å². The fourth-order valence-corrected chi connectivity index (χ4v) is 0.469. The quantitative estimate of drug-likeness (QED) is 0.441. The summed E-state index contributed by atoms with van der Waals surface area (Å²) in [5, 5.41) is 3.06. The molecule has 0 aromatic rings. The van der Waals surface area contributed by atoms with Crippen molar-refractivity contribution in [1.29, 1.82) is 0 Å². The molecule has 50 valence electrons. The van der Waals surface area contributed by atoms with Gasteiger partial charge in [0.2, 0.25) is 0 Å². The number of rotatable bonds is 4. The lowest BCUT2D eigenvalue weighted by Crippen LogP contribution is -2.05. The van der Waals surface area contributed by atoms with Crippen molar-refractivity contribution >= 4 is 0 Å². The molecule has 0 heterocycles. The lowest BCUT2D eigenvalue weighted by molar-refractivity contribution is 0.735. The highest BCUT2D eigenvalue weighted by molar-refractivity contribution is 5.07. The second-order valence-electron chi connectivity index (χ2n) is 1.81. The van der Waals surface area contributed by atoms with Crippen LogP contribution in [0.3, 0.4) is 0 Å². The first-order valence-corrected chi connectivity index (χ1v) is 3.26. The molecule has 0 radical (unpaired) electrons. The average molecular weight is 123 g/mol. The van der Waals surface area contributed by atoms with Crippen molar-refractivity contribution in [3.05, 3.63) is 12.3 Å². The van der Waals surface area contributed by atoms with E-state index in [0.717, 1.165) is 6.54 Å². The molecule has 0 rings (SSSR count). The van der Waals surface area contributed by atoms with Crippen LogP contribution in [0.5, 0.6) is 0 Å². The van der Waals surface area contributed by atoms with Crippen LogP contribution < -0.4 is 5.32 Å². The fraction of sp³-hybridized carbons (Fsp3) is 0.500. The molecule has 1 nitrogen and oxygen atoms in total. The topological polar surface area (TPSA) is 12.0 Å². The van der Waals surface area contributed by atoms with Crippen molar-refractivity contribution < 1.29 is 0 Å². The van der Waals surface area contributed by atoms with E-state index in [1.807, 2.05) is 0 Å². The minimum atomic E-state index is 1.02. The summed E-state index contributed by atoms with van der Waals surface area (Å²) in [7, 11) is 0. The molecule has 0 unspecified atom stereocenters. The third-order valence-corrected chi connectivity index (χ3v) is 0.972. The molecule has 0 amide bonds. The summed E-state index contributed by atoms with van der Waals surface area (Å²) >= 11 is 0. The number of hydrogen-bond acceptors (Lipinski definition) is 1. The summed E-state index contributed by atoms with van der Waals surface area (Å²) in [5.74, 6) is 2.40. The molecule has 1 heteroatoms. The van der Waals surface area contributed by atoms with Gasteiger partial charge in [0.25, 0.3) is 0 Å². The van der Waals surface area contributed by atoms with E-state index in [1.165, 1.54) is 12.8 Å². The average Bonchev–Trinajstić information content (AvgIpc) is 1.89. The zero-order valence-electron chi connectivity index (χ0n) is 5.85. The Bertz CT molecular complexity index is 108. The van der Waals surface area contributed by atoms with Crippen molar-refractivity contribution in [3.8, 4) is 12.3 Å². The van der Waals surface area contributed by atoms with Gasteiger partial charge in [-0.15, -0.1) is 6.42 Å². The van der Waals surface area contributed by atoms with E-state index in [9.17, 15) is 0 Å². The Labute approximate surface area is 57.2 Å². The molecule has 0 aliphatic rings. The van der Waals surface area contributed by atoms with E-state index in [0.29, 0.717) is 0 Å². The summed E-state index contributed by atoms with van der Waals surface area (Å²) in [6.45, 7) is 3.18. The molecule has 0 aromatic heterocycles. The van der Waals surface area contributed by atoms with Gasteiger partial charge in [0.15, 0.2) is 0 Å². The van der Waals surface area contributed by atoms with Crippen LogP contribution in [-0.2, 0) is 0 Å². The summed E-state index contributed by atoms with van der Waals surface area (Å²) in [6.07, 6.45) is 10.9. The third kappa shape index (κ3) is 7.10. The molecule has 0 aliphatic carbocycles. The number of unbranched alkanes of at least 4 members (excludes halogenated alkanes) is 1. The Morgan fingerprint density at radius 2 is 2.44 bits per heavy atom. The van der Waals surface area contributed by atoms with Crippen LogP contribution in [0.4, 0.5) is 0 Å². The highest BCUT2D eigenvalue weighted by Gasteiger charge is 1.75. The summed E-state index contributed by atoms with van der Waals surface area (Å²) in [6, 6.07) is 0. The fourth-order valence-electron chi connectivity index (χ4n) is 0.469. The standard InChI is InChI=1S/C8H13N/c1-3-5-7-9-8-6-4-2/h1,5,7,9H,4,6,8H2,2H3/b7-5+. The number of nitrogens with one attached hydrogen (secondary N) is 1. The van der Waals surface area contributed by atoms with Gasteiger partial charge in [0.1, 0.15) is 0 Å². The lowest BCUT2D eigenvalue weighted by atomic mass is 10.3. The van der Waals surface area contributed by atoms with Gasteiger partial charge >= 0.3 is 0 Å². The van der Waals surface area contributed by atoms with Crippen LogP contribution in [0.1, 0.15) is 19.8 Å². The maximum Gasteiger partial charge on any atom is 0.0141 e. The highest BCUT2D eigenvalue weighted by atomic mass is 14.8. The molecule has 0 atom stereocenters. The Balaban J connectivity index is 2.93. The Kier molecular flexibility index (Phi) is 6.39. The zero-order valence-corrected chi connectivity index (χ0v) is 5.85. The van der Waals surface area contributed by atoms with Crippen LogP contribution in [0.15, 0.2) is 12.3 Å². The monoisotopic (exact) mass is 123 g/mol. The summed E-state index contributed by atoms with van der Waals surface area (Å²) in [5.41, 5.74) is 0. The van der Waals surface area contributed by atoms with Gasteiger partial charge in [0.05, 0.1) is 0 Å². The van der Waals surface area contributed by atoms with E-state index in [1.54, 1.807) is 12.3 Å². The van der Waals surface area contributed by atoms with Gasteiger partial charge in [-0.05, 0) is 6.42 Å². The van der Waals surface area contributed by atoms with Crippen LogP contribution in [0.25, 0.3) is 0 Å². The molecular formula is C8H13N. The van der Waals surface area contributed by atoms with Crippen molar-refractivity contribution in [3.63, 3.8) is 0 Å². The first kappa shape index (κ1) is 8.10. The van der Waals surface area contributed by atoms with Crippen molar-refractivity contribution in [2.75, 3.05) is 6.54 Å². The molecule has 0 bridgehead atoms. The van der Waals surface area contributed by atoms with Gasteiger partial charge in [0, 0.05) is 18.8 Å². The molecule has 0 fully saturated rings. The van der Waals surface area contributed by atoms with Crippen LogP contribution >= 0.6 is 0 Å². The Hall–Kier alpha value is -0.900. The zero-order chi connectivity index (χ0) is 6.95. The summed E-state index contributed by atoms with van der Waals surface area (Å²) < 4.78 is 0. The van der Waals surface area contributed by atoms with Crippen molar-refractivity contribution in [1.82, 2.24) is 5.32 Å². The predicted octanol–water partition coefficient (Wildman–Crippen LogP) is 1.52. The van der Waals surface area contributed by atoms with Crippen LogP contribution in [0, 0.1) is 12.3 Å². The van der Waals surface area contributed by atoms with E-state index in [2.05, 4.69) is 18.2 Å². The van der Waals surface area contributed by atoms with E-state index in [-0.39, 0.29) is 0 Å². The normalized spacial score (nSPS) is 9.33. The Morgan fingerprint density at radius 3 is 3.00 bits per heavy atom. The van der Waals surface area contributed by atoms with E-state index >= 15 is 0 Å². The smallest absolute Gasteiger partial charge is 0.0141 e. The van der Waals surface area contributed by atoms with Crippen LogP contribution in [0.2, 0.25) is 0 Å². The number of terminal acetylenes is 1. The Morgan fingerprint density at radius 1 is 1.67 bits per heavy atom. The van der Waals surface area contributed by atoms with Gasteiger partial charge in [-0.3, -0.25) is 0 Å². The number of hydrogen-bond donors (Lipinski definition) is 1. The maximum absolute atomic E-state index is 4.97. The third-order valence-electron chi connectivity index (χ3n) is 0.972. The highest BCUT2D eigenvalue weighted by Crippen LogP contribution is 1.81.